The normalized spacial score (nSPS) is 16.2. The molecule has 1 unspecified atom stereocenters. The van der Waals surface area contributed by atoms with Crippen molar-refractivity contribution in [2.45, 2.75) is 32.2 Å². The number of hydrogen-bond acceptors (Lipinski definition) is 5. The summed E-state index contributed by atoms with van der Waals surface area (Å²) in [6.07, 6.45) is -1.28. The third-order valence-corrected chi connectivity index (χ3v) is 5.71. The molecular weight excluding hydrogens is 447 g/mol. The molecular formula is C24H22F3N5O2. The van der Waals surface area contributed by atoms with E-state index in [-0.39, 0.29) is 5.56 Å². The van der Waals surface area contributed by atoms with Crippen LogP contribution >= 0.6 is 0 Å². The fourth-order valence-electron chi connectivity index (χ4n) is 4.12. The van der Waals surface area contributed by atoms with Gasteiger partial charge in [0, 0.05) is 30.5 Å². The molecule has 0 spiro atoms. The van der Waals surface area contributed by atoms with E-state index in [1.807, 2.05) is 29.8 Å². The van der Waals surface area contributed by atoms with E-state index in [1.165, 1.54) is 12.1 Å². The van der Waals surface area contributed by atoms with Crippen LogP contribution in [0.3, 0.4) is 0 Å². The first kappa shape index (κ1) is 22.1. The maximum absolute atomic E-state index is 13.7. The van der Waals surface area contributed by atoms with Gasteiger partial charge in [-0.3, -0.25) is 0 Å². The monoisotopic (exact) mass is 469 g/mol. The van der Waals surface area contributed by atoms with Gasteiger partial charge in [-0.2, -0.15) is 18.3 Å². The summed E-state index contributed by atoms with van der Waals surface area (Å²) in [5.41, 5.74) is 1.64. The first-order valence-corrected chi connectivity index (χ1v) is 10.8. The average Bonchev–Trinajstić information content (AvgIpc) is 3.39. The second kappa shape index (κ2) is 8.60. The van der Waals surface area contributed by atoms with Gasteiger partial charge in [-0.25, -0.2) is 14.6 Å². The molecule has 3 heterocycles. The van der Waals surface area contributed by atoms with E-state index in [0.29, 0.717) is 42.5 Å². The van der Waals surface area contributed by atoms with Gasteiger partial charge in [0.1, 0.15) is 11.9 Å². The third kappa shape index (κ3) is 4.05. The summed E-state index contributed by atoms with van der Waals surface area (Å²) in [5, 5.41) is 4.60. The highest BCUT2D eigenvalue weighted by Crippen LogP contribution is 2.39. The number of fused-ring (bicyclic) bond motifs is 1. The minimum Gasteiger partial charge on any atom is -0.495 e. The largest absolute Gasteiger partial charge is 0.495 e. The van der Waals surface area contributed by atoms with Gasteiger partial charge in [0.15, 0.2) is 11.6 Å². The van der Waals surface area contributed by atoms with Crippen molar-refractivity contribution in [3.05, 3.63) is 77.6 Å². The molecule has 1 aliphatic rings. The highest BCUT2D eigenvalue weighted by molar-refractivity contribution is 5.63. The molecule has 2 aromatic carbocycles. The number of rotatable bonds is 4. The predicted octanol–water partition coefficient (Wildman–Crippen LogP) is 4.98. The topological polar surface area (TPSA) is 67.0 Å². The minimum absolute atomic E-state index is 0.0282. The van der Waals surface area contributed by atoms with E-state index in [2.05, 4.69) is 15.1 Å². The Bertz CT molecular complexity index is 1330. The Morgan fingerprint density at radius 3 is 2.71 bits per heavy atom. The first-order chi connectivity index (χ1) is 16.3. The molecule has 176 valence electrons. The molecule has 1 aliphatic heterocycles. The highest BCUT2D eigenvalue weighted by Gasteiger charge is 2.37. The van der Waals surface area contributed by atoms with Crippen LogP contribution in [0, 0.1) is 6.92 Å². The fourth-order valence-corrected chi connectivity index (χ4v) is 4.12. The maximum atomic E-state index is 13.7. The molecule has 0 amide bonds. The van der Waals surface area contributed by atoms with Crippen LogP contribution in [0.4, 0.5) is 13.2 Å². The van der Waals surface area contributed by atoms with E-state index >= 15 is 0 Å². The number of ether oxygens (including phenoxy) is 2. The summed E-state index contributed by atoms with van der Waals surface area (Å²) in [6, 6.07) is 11.0. The van der Waals surface area contributed by atoms with Gasteiger partial charge in [0.25, 0.3) is 0 Å². The molecule has 10 heteroatoms. The van der Waals surface area contributed by atoms with Crippen molar-refractivity contribution in [2.75, 3.05) is 13.7 Å². The number of aromatic nitrogens is 5. The third-order valence-electron chi connectivity index (χ3n) is 5.71. The summed E-state index contributed by atoms with van der Waals surface area (Å²) in [4.78, 5) is 8.88. The van der Waals surface area contributed by atoms with Gasteiger partial charge in [-0.15, -0.1) is 0 Å². The average molecular weight is 469 g/mol. The van der Waals surface area contributed by atoms with E-state index < -0.39 is 17.8 Å². The number of hydrogen-bond donors (Lipinski definition) is 0. The van der Waals surface area contributed by atoms with Crippen molar-refractivity contribution in [3.8, 4) is 22.8 Å². The Balaban J connectivity index is 1.57. The van der Waals surface area contributed by atoms with Crippen molar-refractivity contribution in [1.29, 1.82) is 0 Å². The summed E-state index contributed by atoms with van der Waals surface area (Å²) in [5.74, 6) is 1.33. The Morgan fingerprint density at radius 1 is 1.15 bits per heavy atom. The molecule has 0 saturated carbocycles. The Kier molecular flexibility index (Phi) is 5.60. The molecule has 0 saturated heterocycles. The lowest BCUT2D eigenvalue weighted by Gasteiger charge is -2.19. The standard InChI is InChI=1S/C24H22F3N5O2/c1-15-13-31(14-28-15)19-9-8-16(12-20(19)33-2)22-29-23-21(34-11-5-10-32(23)30-22)17-6-3-4-7-18(17)24(25,26)27/h3-4,6-9,12-14,21H,5,10-11H2,1-2H3. The molecule has 0 fully saturated rings. The van der Waals surface area contributed by atoms with Gasteiger partial charge < -0.3 is 14.0 Å². The van der Waals surface area contributed by atoms with E-state index in [1.54, 1.807) is 30.3 Å². The number of imidazole rings is 1. The first-order valence-electron chi connectivity index (χ1n) is 10.8. The zero-order chi connectivity index (χ0) is 23.9. The van der Waals surface area contributed by atoms with Gasteiger partial charge in [0.05, 0.1) is 30.4 Å². The van der Waals surface area contributed by atoms with Gasteiger partial charge in [0.2, 0.25) is 0 Å². The molecule has 5 rings (SSSR count). The zero-order valence-corrected chi connectivity index (χ0v) is 18.6. The highest BCUT2D eigenvalue weighted by atomic mass is 19.4. The van der Waals surface area contributed by atoms with E-state index in [0.717, 1.165) is 17.4 Å². The van der Waals surface area contributed by atoms with E-state index in [9.17, 15) is 13.2 Å². The molecule has 7 nitrogen and oxygen atoms in total. The van der Waals surface area contributed by atoms with Gasteiger partial charge >= 0.3 is 6.18 Å². The van der Waals surface area contributed by atoms with Crippen molar-refractivity contribution < 1.29 is 22.6 Å². The molecule has 0 aliphatic carbocycles. The van der Waals surface area contributed by atoms with Crippen LogP contribution in [-0.4, -0.2) is 38.0 Å². The summed E-state index contributed by atoms with van der Waals surface area (Å²) in [7, 11) is 1.57. The van der Waals surface area contributed by atoms with Crippen LogP contribution < -0.4 is 4.74 Å². The quantitative estimate of drug-likeness (QED) is 0.422. The number of halogens is 3. The number of aryl methyl sites for hydroxylation is 2. The predicted molar refractivity (Wildman–Crippen MR) is 118 cm³/mol. The van der Waals surface area contributed by atoms with Crippen LogP contribution in [0.2, 0.25) is 0 Å². The molecule has 0 N–H and O–H groups in total. The van der Waals surface area contributed by atoms with Crippen LogP contribution in [-0.2, 0) is 17.5 Å². The lowest BCUT2D eigenvalue weighted by Crippen LogP contribution is -2.16. The van der Waals surface area contributed by atoms with Crippen molar-refractivity contribution in [1.82, 2.24) is 24.3 Å². The second-order valence-electron chi connectivity index (χ2n) is 8.02. The maximum Gasteiger partial charge on any atom is 0.416 e. The molecule has 0 bridgehead atoms. The minimum atomic E-state index is -4.51. The van der Waals surface area contributed by atoms with Gasteiger partial charge in [-0.05, 0) is 37.6 Å². The van der Waals surface area contributed by atoms with Gasteiger partial charge in [-0.1, -0.05) is 18.2 Å². The van der Waals surface area contributed by atoms with Crippen LogP contribution in [0.15, 0.2) is 55.0 Å². The smallest absolute Gasteiger partial charge is 0.416 e. The summed E-state index contributed by atoms with van der Waals surface area (Å²) in [6.45, 7) is 2.70. The number of alkyl halides is 3. The van der Waals surface area contributed by atoms with Crippen LogP contribution in [0.25, 0.3) is 17.1 Å². The second-order valence-corrected chi connectivity index (χ2v) is 8.02. The zero-order valence-electron chi connectivity index (χ0n) is 18.6. The fraction of sp³-hybridized carbons (Fsp3) is 0.292. The Hall–Kier alpha value is -3.66. The number of benzene rings is 2. The lowest BCUT2D eigenvalue weighted by molar-refractivity contribution is -0.139. The molecule has 2 aromatic heterocycles. The van der Waals surface area contributed by atoms with Crippen LogP contribution in [0.5, 0.6) is 5.75 Å². The summed E-state index contributed by atoms with van der Waals surface area (Å²) < 4.78 is 56.0. The number of methoxy groups -OCH3 is 1. The molecule has 0 radical (unpaired) electrons. The number of nitrogens with zero attached hydrogens (tertiary/aromatic N) is 5. The van der Waals surface area contributed by atoms with Crippen molar-refractivity contribution in [3.63, 3.8) is 0 Å². The van der Waals surface area contributed by atoms with Crippen LogP contribution in [0.1, 0.15) is 35.2 Å². The molecule has 34 heavy (non-hydrogen) atoms. The van der Waals surface area contributed by atoms with Crippen molar-refractivity contribution >= 4 is 0 Å². The Labute approximate surface area is 193 Å². The lowest BCUT2D eigenvalue weighted by atomic mass is 10.0. The Morgan fingerprint density at radius 2 is 1.97 bits per heavy atom. The SMILES string of the molecule is COc1cc(-c2nc3n(n2)CCCOC3c2ccccc2C(F)(F)F)ccc1-n1cnc(C)c1. The van der Waals surface area contributed by atoms with Crippen molar-refractivity contribution in [2.24, 2.45) is 0 Å². The summed E-state index contributed by atoms with van der Waals surface area (Å²) >= 11 is 0. The molecule has 1 atom stereocenters. The molecule has 4 aromatic rings. The van der Waals surface area contributed by atoms with E-state index in [4.69, 9.17) is 9.47 Å².